The van der Waals surface area contributed by atoms with Crippen molar-refractivity contribution in [3.05, 3.63) is 29.3 Å². The van der Waals surface area contributed by atoms with Crippen molar-refractivity contribution in [1.29, 1.82) is 0 Å². The Kier molecular flexibility index (Phi) is 3.89. The maximum atomic E-state index is 11.9. The molecule has 1 aromatic carbocycles. The molecule has 17 heavy (non-hydrogen) atoms. The smallest absolute Gasteiger partial charge is 0.340 e. The Hall–Kier alpha value is -1.84. The van der Waals surface area contributed by atoms with Crippen LogP contribution in [0.5, 0.6) is 0 Å². The van der Waals surface area contributed by atoms with Crippen molar-refractivity contribution in [2.24, 2.45) is 0 Å². The molecule has 1 rings (SSSR count). The maximum Gasteiger partial charge on any atom is 0.340 e. The fourth-order valence-electron chi connectivity index (χ4n) is 1.35. The Morgan fingerprint density at radius 3 is 2.47 bits per heavy atom. The third kappa shape index (κ3) is 3.59. The molecule has 0 saturated heterocycles. The van der Waals surface area contributed by atoms with Gasteiger partial charge in [0.05, 0.1) is 5.56 Å². The minimum absolute atomic E-state index is 0.403. The molecule has 1 N–H and O–H groups in total. The Morgan fingerprint density at radius 1 is 1.35 bits per heavy atom. The molecular formula is C13H17NO3. The minimum Gasteiger partial charge on any atom is -0.456 e. The first-order valence-electron chi connectivity index (χ1n) is 5.37. The molecule has 0 atom stereocenters. The van der Waals surface area contributed by atoms with Gasteiger partial charge in [0.2, 0.25) is 0 Å². The highest BCUT2D eigenvalue weighted by Crippen LogP contribution is 2.20. The van der Waals surface area contributed by atoms with Crippen LogP contribution in [0.3, 0.4) is 0 Å². The Bertz CT molecular complexity index is 433. The molecule has 4 nitrogen and oxygen atoms in total. The number of esters is 1. The van der Waals surface area contributed by atoms with Crippen LogP contribution in [0.2, 0.25) is 0 Å². The zero-order valence-electron chi connectivity index (χ0n) is 10.5. The number of benzene rings is 1. The van der Waals surface area contributed by atoms with Crippen LogP contribution in [0.15, 0.2) is 18.2 Å². The molecule has 0 aliphatic heterocycles. The molecule has 0 bridgehead atoms. The van der Waals surface area contributed by atoms with Crippen LogP contribution in [0, 0.1) is 0 Å². The van der Waals surface area contributed by atoms with E-state index in [4.69, 9.17) is 4.74 Å². The third-order valence-electron chi connectivity index (χ3n) is 2.07. The normalized spacial score (nSPS) is 10.8. The van der Waals surface area contributed by atoms with Crippen LogP contribution in [0.4, 0.5) is 5.69 Å². The largest absolute Gasteiger partial charge is 0.456 e. The summed E-state index contributed by atoms with van der Waals surface area (Å²) in [5.74, 6) is -0.403. The van der Waals surface area contributed by atoms with E-state index in [1.807, 2.05) is 20.8 Å². The number of hydrogen-bond donors (Lipinski definition) is 1. The second kappa shape index (κ2) is 4.99. The van der Waals surface area contributed by atoms with Crippen molar-refractivity contribution >= 4 is 17.9 Å². The summed E-state index contributed by atoms with van der Waals surface area (Å²) < 4.78 is 5.27. The molecule has 0 amide bonds. The van der Waals surface area contributed by atoms with Crippen LogP contribution in [-0.4, -0.2) is 24.9 Å². The summed E-state index contributed by atoms with van der Waals surface area (Å²) in [7, 11) is 1.69. The van der Waals surface area contributed by atoms with Crippen molar-refractivity contribution in [3.63, 3.8) is 0 Å². The molecule has 0 saturated carbocycles. The molecule has 1 aromatic rings. The van der Waals surface area contributed by atoms with Crippen LogP contribution in [0.1, 0.15) is 41.5 Å². The first kappa shape index (κ1) is 13.2. The predicted octanol–water partition coefficient (Wildman–Crippen LogP) is 2.50. The molecule has 0 unspecified atom stereocenters. The fourth-order valence-corrected chi connectivity index (χ4v) is 1.35. The van der Waals surface area contributed by atoms with E-state index in [-0.39, 0.29) is 0 Å². The van der Waals surface area contributed by atoms with Gasteiger partial charge in [0.25, 0.3) is 0 Å². The lowest BCUT2D eigenvalue weighted by molar-refractivity contribution is 0.00706. The molecule has 0 fully saturated rings. The van der Waals surface area contributed by atoms with Crippen LogP contribution in [0.25, 0.3) is 0 Å². The van der Waals surface area contributed by atoms with Gasteiger partial charge in [0.1, 0.15) is 11.9 Å². The number of nitrogens with one attached hydrogen (secondary N) is 1. The summed E-state index contributed by atoms with van der Waals surface area (Å²) in [5, 5.41) is 2.88. The van der Waals surface area contributed by atoms with Crippen molar-refractivity contribution in [1.82, 2.24) is 0 Å². The van der Waals surface area contributed by atoms with Crippen LogP contribution < -0.4 is 5.32 Å². The molecular weight excluding hydrogens is 218 g/mol. The number of aldehydes is 1. The van der Waals surface area contributed by atoms with Gasteiger partial charge in [-0.15, -0.1) is 0 Å². The summed E-state index contributed by atoms with van der Waals surface area (Å²) >= 11 is 0. The van der Waals surface area contributed by atoms with E-state index in [1.165, 1.54) is 0 Å². The number of anilines is 1. The van der Waals surface area contributed by atoms with Gasteiger partial charge in [0, 0.05) is 18.3 Å². The maximum absolute atomic E-state index is 11.9. The van der Waals surface area contributed by atoms with Gasteiger partial charge in [-0.25, -0.2) is 4.79 Å². The highest BCUT2D eigenvalue weighted by molar-refractivity contribution is 5.97. The van der Waals surface area contributed by atoms with E-state index in [2.05, 4.69) is 5.32 Å². The number of carbonyl (C=O) groups is 2. The SMILES string of the molecule is CNc1cc(C=O)ccc1C(=O)OC(C)(C)C. The average molecular weight is 235 g/mol. The number of carbonyl (C=O) groups excluding carboxylic acids is 2. The topological polar surface area (TPSA) is 55.4 Å². The van der Waals surface area contributed by atoms with E-state index >= 15 is 0 Å². The number of ether oxygens (including phenoxy) is 1. The van der Waals surface area contributed by atoms with Crippen molar-refractivity contribution in [3.8, 4) is 0 Å². The van der Waals surface area contributed by atoms with E-state index in [0.29, 0.717) is 16.8 Å². The molecule has 0 aliphatic carbocycles. The Labute approximate surface area is 101 Å². The van der Waals surface area contributed by atoms with Gasteiger partial charge in [-0.2, -0.15) is 0 Å². The van der Waals surface area contributed by atoms with Gasteiger partial charge in [-0.1, -0.05) is 6.07 Å². The van der Waals surface area contributed by atoms with Crippen LogP contribution >= 0.6 is 0 Å². The number of rotatable bonds is 3. The lowest BCUT2D eigenvalue weighted by Gasteiger charge is -2.20. The third-order valence-corrected chi connectivity index (χ3v) is 2.07. The summed E-state index contributed by atoms with van der Waals surface area (Å²) in [6.07, 6.45) is 0.736. The van der Waals surface area contributed by atoms with Crippen molar-refractivity contribution < 1.29 is 14.3 Å². The summed E-state index contributed by atoms with van der Waals surface area (Å²) in [6.45, 7) is 5.43. The summed E-state index contributed by atoms with van der Waals surface area (Å²) in [6, 6.07) is 4.79. The number of hydrogen-bond acceptors (Lipinski definition) is 4. The molecule has 0 spiro atoms. The van der Waals surface area contributed by atoms with Gasteiger partial charge < -0.3 is 10.1 Å². The monoisotopic (exact) mass is 235 g/mol. The molecule has 0 aromatic heterocycles. The zero-order valence-corrected chi connectivity index (χ0v) is 10.5. The highest BCUT2D eigenvalue weighted by Gasteiger charge is 2.20. The lowest BCUT2D eigenvalue weighted by Crippen LogP contribution is -2.24. The van der Waals surface area contributed by atoms with Gasteiger partial charge in [-0.3, -0.25) is 4.79 Å². The van der Waals surface area contributed by atoms with Crippen molar-refractivity contribution in [2.45, 2.75) is 26.4 Å². The summed E-state index contributed by atoms with van der Waals surface area (Å²) in [4.78, 5) is 22.5. The molecule has 92 valence electrons. The lowest BCUT2D eigenvalue weighted by atomic mass is 10.1. The second-order valence-electron chi connectivity index (χ2n) is 4.67. The first-order valence-corrected chi connectivity index (χ1v) is 5.37. The molecule has 0 heterocycles. The van der Waals surface area contributed by atoms with Gasteiger partial charge in [-0.05, 0) is 32.9 Å². The van der Waals surface area contributed by atoms with Gasteiger partial charge in [0.15, 0.2) is 0 Å². The predicted molar refractivity (Wildman–Crippen MR) is 66.5 cm³/mol. The second-order valence-corrected chi connectivity index (χ2v) is 4.67. The highest BCUT2D eigenvalue weighted by atomic mass is 16.6. The van der Waals surface area contributed by atoms with Crippen LogP contribution in [-0.2, 0) is 4.74 Å². The first-order chi connectivity index (χ1) is 7.87. The molecule has 0 radical (unpaired) electrons. The van der Waals surface area contributed by atoms with E-state index in [0.717, 1.165) is 6.29 Å². The zero-order chi connectivity index (χ0) is 13.1. The van der Waals surface area contributed by atoms with Gasteiger partial charge >= 0.3 is 5.97 Å². The molecule has 4 heteroatoms. The van der Waals surface area contributed by atoms with E-state index in [9.17, 15) is 9.59 Å². The van der Waals surface area contributed by atoms with Crippen molar-refractivity contribution in [2.75, 3.05) is 12.4 Å². The fraction of sp³-hybridized carbons (Fsp3) is 0.385. The Balaban J connectivity index is 3.05. The standard InChI is InChI=1S/C13H17NO3/c1-13(2,3)17-12(16)10-6-5-9(8-15)7-11(10)14-4/h5-8,14H,1-4H3. The minimum atomic E-state index is -0.536. The van der Waals surface area contributed by atoms with E-state index < -0.39 is 11.6 Å². The average Bonchev–Trinajstić information content (AvgIpc) is 2.25. The Morgan fingerprint density at radius 2 is 2.00 bits per heavy atom. The summed E-state index contributed by atoms with van der Waals surface area (Å²) in [5.41, 5.74) is 0.990. The van der Waals surface area contributed by atoms with E-state index in [1.54, 1.807) is 25.2 Å². The quantitative estimate of drug-likeness (QED) is 0.646. The molecule has 0 aliphatic rings.